The van der Waals surface area contributed by atoms with Crippen LogP contribution in [0.4, 0.5) is 0 Å². The SMILES string of the molecule is O=C(NCC(O)c1cccs1)c1nc2ccccc2s1. The van der Waals surface area contributed by atoms with Gasteiger partial charge in [0.1, 0.15) is 6.10 Å². The van der Waals surface area contributed by atoms with E-state index >= 15 is 0 Å². The number of nitrogens with zero attached hydrogens (tertiary/aromatic N) is 1. The smallest absolute Gasteiger partial charge is 0.280 e. The largest absolute Gasteiger partial charge is 0.386 e. The van der Waals surface area contributed by atoms with Crippen molar-refractivity contribution in [3.8, 4) is 0 Å². The van der Waals surface area contributed by atoms with Crippen LogP contribution in [0.25, 0.3) is 10.2 Å². The number of rotatable bonds is 4. The fourth-order valence-electron chi connectivity index (χ4n) is 1.82. The van der Waals surface area contributed by atoms with Gasteiger partial charge in [-0.05, 0) is 23.6 Å². The number of hydrogen-bond acceptors (Lipinski definition) is 5. The topological polar surface area (TPSA) is 62.2 Å². The van der Waals surface area contributed by atoms with E-state index in [9.17, 15) is 9.90 Å². The minimum absolute atomic E-state index is 0.190. The second kappa shape index (κ2) is 5.70. The lowest BCUT2D eigenvalue weighted by atomic mass is 10.3. The van der Waals surface area contributed by atoms with Crippen LogP contribution >= 0.6 is 22.7 Å². The van der Waals surface area contributed by atoms with Gasteiger partial charge < -0.3 is 10.4 Å². The number of carbonyl (C=O) groups is 1. The fraction of sp³-hybridized carbons (Fsp3) is 0.143. The molecule has 0 saturated carbocycles. The number of nitrogens with one attached hydrogen (secondary N) is 1. The van der Waals surface area contributed by atoms with Crippen LogP contribution in [0, 0.1) is 0 Å². The standard InChI is InChI=1S/C14H12N2O2S2/c17-10(12-6-3-7-19-12)8-15-13(18)14-16-9-4-1-2-5-11(9)20-14/h1-7,10,17H,8H2,(H,15,18). The van der Waals surface area contributed by atoms with Gasteiger partial charge in [-0.2, -0.15) is 0 Å². The van der Waals surface area contributed by atoms with Crippen molar-refractivity contribution in [1.82, 2.24) is 10.3 Å². The van der Waals surface area contributed by atoms with Crippen molar-refractivity contribution in [3.63, 3.8) is 0 Å². The lowest BCUT2D eigenvalue weighted by Gasteiger charge is -2.08. The Balaban J connectivity index is 1.67. The van der Waals surface area contributed by atoms with Crippen molar-refractivity contribution in [1.29, 1.82) is 0 Å². The molecule has 4 nitrogen and oxygen atoms in total. The van der Waals surface area contributed by atoms with E-state index in [1.54, 1.807) is 0 Å². The first-order valence-corrected chi connectivity index (χ1v) is 7.79. The van der Waals surface area contributed by atoms with Crippen molar-refractivity contribution >= 4 is 38.8 Å². The van der Waals surface area contributed by atoms with Gasteiger partial charge in [0.2, 0.25) is 0 Å². The van der Waals surface area contributed by atoms with Gasteiger partial charge in [-0.15, -0.1) is 22.7 Å². The number of hydrogen-bond donors (Lipinski definition) is 2. The molecule has 0 spiro atoms. The van der Waals surface area contributed by atoms with E-state index in [1.807, 2.05) is 41.8 Å². The average molecular weight is 304 g/mol. The predicted octanol–water partition coefficient (Wildman–Crippen LogP) is 2.82. The zero-order chi connectivity index (χ0) is 13.9. The Morgan fingerprint density at radius 2 is 2.15 bits per heavy atom. The Bertz CT molecular complexity index is 689. The summed E-state index contributed by atoms with van der Waals surface area (Å²) in [5, 5.41) is 15.0. The number of para-hydroxylation sites is 1. The number of thiophene rings is 1. The van der Waals surface area contributed by atoms with Gasteiger partial charge in [-0.25, -0.2) is 4.98 Å². The molecule has 1 atom stereocenters. The third kappa shape index (κ3) is 2.72. The van der Waals surface area contributed by atoms with Gasteiger partial charge in [-0.1, -0.05) is 18.2 Å². The molecule has 0 radical (unpaired) electrons. The van der Waals surface area contributed by atoms with Crippen molar-refractivity contribution < 1.29 is 9.90 Å². The molecule has 0 aliphatic heterocycles. The van der Waals surface area contributed by atoms with Gasteiger partial charge in [0.05, 0.1) is 10.2 Å². The summed E-state index contributed by atoms with van der Waals surface area (Å²) in [5.74, 6) is -0.248. The van der Waals surface area contributed by atoms with Crippen LogP contribution in [0.1, 0.15) is 20.8 Å². The highest BCUT2D eigenvalue weighted by Gasteiger charge is 2.14. The normalized spacial score (nSPS) is 12.4. The number of aliphatic hydroxyl groups excluding tert-OH is 1. The lowest BCUT2D eigenvalue weighted by Crippen LogP contribution is -2.27. The Kier molecular flexibility index (Phi) is 3.77. The molecule has 0 fully saturated rings. The summed E-state index contributed by atoms with van der Waals surface area (Å²) >= 11 is 2.82. The Morgan fingerprint density at radius 3 is 2.90 bits per heavy atom. The molecule has 6 heteroatoms. The highest BCUT2D eigenvalue weighted by Crippen LogP contribution is 2.22. The van der Waals surface area contributed by atoms with E-state index in [0.29, 0.717) is 5.01 Å². The second-order valence-corrected chi connectivity index (χ2v) is 6.24. The van der Waals surface area contributed by atoms with Gasteiger partial charge in [-0.3, -0.25) is 4.79 Å². The monoisotopic (exact) mass is 304 g/mol. The zero-order valence-corrected chi connectivity index (χ0v) is 12.1. The van der Waals surface area contributed by atoms with Gasteiger partial charge in [0, 0.05) is 11.4 Å². The molecule has 1 unspecified atom stereocenters. The molecule has 1 amide bonds. The van der Waals surface area contributed by atoms with Crippen molar-refractivity contribution in [2.24, 2.45) is 0 Å². The third-order valence-corrected chi connectivity index (χ3v) is 4.82. The molecule has 102 valence electrons. The summed E-state index contributed by atoms with van der Waals surface area (Å²) < 4.78 is 0.983. The molecule has 0 saturated heterocycles. The maximum atomic E-state index is 12.0. The Morgan fingerprint density at radius 1 is 1.30 bits per heavy atom. The average Bonchev–Trinajstić information content (AvgIpc) is 3.12. The number of amides is 1. The minimum atomic E-state index is -0.673. The van der Waals surface area contributed by atoms with Crippen LogP contribution in [-0.4, -0.2) is 22.5 Å². The highest BCUT2D eigenvalue weighted by atomic mass is 32.1. The molecule has 0 bridgehead atoms. The molecule has 1 aromatic carbocycles. The van der Waals surface area contributed by atoms with Crippen molar-refractivity contribution in [2.75, 3.05) is 6.54 Å². The second-order valence-electron chi connectivity index (χ2n) is 4.23. The zero-order valence-electron chi connectivity index (χ0n) is 10.4. The lowest BCUT2D eigenvalue weighted by molar-refractivity contribution is 0.0918. The van der Waals surface area contributed by atoms with Crippen LogP contribution in [0.15, 0.2) is 41.8 Å². The first kappa shape index (κ1) is 13.2. The first-order valence-electron chi connectivity index (χ1n) is 6.09. The van der Waals surface area contributed by atoms with E-state index in [4.69, 9.17) is 0 Å². The number of aromatic nitrogens is 1. The van der Waals surface area contributed by atoms with E-state index in [2.05, 4.69) is 10.3 Å². The number of fused-ring (bicyclic) bond motifs is 1. The van der Waals surface area contributed by atoms with Crippen LogP contribution in [0.3, 0.4) is 0 Å². The molecule has 2 aromatic heterocycles. The quantitative estimate of drug-likeness (QED) is 0.779. The molecule has 3 rings (SSSR count). The number of aliphatic hydroxyl groups is 1. The van der Waals surface area contributed by atoms with Gasteiger partial charge in [0.15, 0.2) is 5.01 Å². The highest BCUT2D eigenvalue weighted by molar-refractivity contribution is 7.20. The molecule has 2 heterocycles. The minimum Gasteiger partial charge on any atom is -0.386 e. The maximum Gasteiger partial charge on any atom is 0.280 e. The summed E-state index contributed by atoms with van der Waals surface area (Å²) in [6.45, 7) is 0.190. The van der Waals surface area contributed by atoms with Crippen LogP contribution in [0.5, 0.6) is 0 Å². The van der Waals surface area contributed by atoms with Gasteiger partial charge >= 0.3 is 0 Å². The Hall–Kier alpha value is -1.76. The predicted molar refractivity (Wildman–Crippen MR) is 81.2 cm³/mol. The summed E-state index contributed by atoms with van der Waals surface area (Å²) in [7, 11) is 0. The van der Waals surface area contributed by atoms with E-state index in [0.717, 1.165) is 15.1 Å². The molecule has 3 aromatic rings. The van der Waals surface area contributed by atoms with Crippen LogP contribution in [-0.2, 0) is 0 Å². The fourth-order valence-corrected chi connectivity index (χ4v) is 3.41. The van der Waals surface area contributed by atoms with Crippen molar-refractivity contribution in [2.45, 2.75) is 6.10 Å². The molecule has 0 aliphatic rings. The number of thiazole rings is 1. The van der Waals surface area contributed by atoms with Gasteiger partial charge in [0.25, 0.3) is 5.91 Å². The third-order valence-electron chi connectivity index (χ3n) is 2.82. The van der Waals surface area contributed by atoms with E-state index in [1.165, 1.54) is 22.7 Å². The molecule has 2 N–H and O–H groups in total. The van der Waals surface area contributed by atoms with E-state index < -0.39 is 6.10 Å². The molecular weight excluding hydrogens is 292 g/mol. The number of carbonyl (C=O) groups excluding carboxylic acids is 1. The summed E-state index contributed by atoms with van der Waals surface area (Å²) in [6, 6.07) is 11.3. The van der Waals surface area contributed by atoms with Crippen LogP contribution in [0.2, 0.25) is 0 Å². The summed E-state index contributed by atoms with van der Waals surface area (Å²) in [4.78, 5) is 17.1. The molecular formula is C14H12N2O2S2. The van der Waals surface area contributed by atoms with E-state index in [-0.39, 0.29) is 12.5 Å². The first-order chi connectivity index (χ1) is 9.74. The van der Waals surface area contributed by atoms with Crippen molar-refractivity contribution in [3.05, 3.63) is 51.7 Å². The summed E-state index contributed by atoms with van der Waals surface area (Å²) in [5.41, 5.74) is 0.821. The molecule has 20 heavy (non-hydrogen) atoms. The maximum absolute atomic E-state index is 12.0. The number of benzene rings is 1. The summed E-state index contributed by atoms with van der Waals surface area (Å²) in [6.07, 6.45) is -0.673. The Labute approximate surface area is 123 Å². The van der Waals surface area contributed by atoms with Crippen LogP contribution < -0.4 is 5.32 Å². The molecule has 0 aliphatic carbocycles.